The monoisotopic (exact) mass is 729 g/mol. The lowest BCUT2D eigenvalue weighted by Crippen LogP contribution is -2.41. The molecule has 1 unspecified atom stereocenters. The van der Waals surface area contributed by atoms with Crippen LogP contribution in [0, 0.1) is 0 Å². The van der Waals surface area contributed by atoms with Crippen LogP contribution in [0.1, 0.15) is 68.1 Å². The van der Waals surface area contributed by atoms with Gasteiger partial charge in [0.1, 0.15) is 25.0 Å². The van der Waals surface area contributed by atoms with E-state index < -0.39 is 18.0 Å². The van der Waals surface area contributed by atoms with E-state index in [9.17, 15) is 33.9 Å². The molecule has 0 radical (unpaired) electrons. The highest BCUT2D eigenvalue weighted by Crippen LogP contribution is 2.14. The maximum atomic E-state index is 12.3. The van der Waals surface area contributed by atoms with Crippen molar-refractivity contribution < 1.29 is 62.7 Å². The fourth-order valence-electron chi connectivity index (χ4n) is 4.25. The van der Waals surface area contributed by atoms with E-state index in [2.05, 4.69) is 16.0 Å². The summed E-state index contributed by atoms with van der Waals surface area (Å²) in [7, 11) is 2.02. The summed E-state index contributed by atoms with van der Waals surface area (Å²) >= 11 is 0. The van der Waals surface area contributed by atoms with Gasteiger partial charge in [0.25, 0.3) is 0 Å². The molecule has 1 aromatic rings. The molecule has 0 saturated heterocycles. The normalized spacial score (nSPS) is 11.4. The number of benzene rings is 1. The van der Waals surface area contributed by atoms with Gasteiger partial charge in [0.05, 0.1) is 51.8 Å². The highest BCUT2D eigenvalue weighted by atomic mass is 31.0. The van der Waals surface area contributed by atoms with Crippen molar-refractivity contribution in [1.82, 2.24) is 16.0 Å². The summed E-state index contributed by atoms with van der Waals surface area (Å²) in [5, 5.41) is 26.2. The summed E-state index contributed by atoms with van der Waals surface area (Å²) in [6.07, 6.45) is 5.11. The minimum atomic E-state index is -1.21. The highest BCUT2D eigenvalue weighted by Gasteiger charge is 2.20. The number of hydrogen-bond donors (Lipinski definition) is 5. The molecule has 0 aromatic heterocycles. The van der Waals surface area contributed by atoms with Crippen LogP contribution in [0.3, 0.4) is 0 Å². The smallest absolute Gasteiger partial charge is 0.335 e. The van der Waals surface area contributed by atoms with E-state index in [1.54, 1.807) is 12.1 Å². The van der Waals surface area contributed by atoms with Gasteiger partial charge in [-0.3, -0.25) is 19.2 Å². The molecule has 2 atom stereocenters. The number of aliphatic carboxylic acids is 1. The molecule has 50 heavy (non-hydrogen) atoms. The van der Waals surface area contributed by atoms with Gasteiger partial charge < -0.3 is 49.8 Å². The molecule has 0 aliphatic heterocycles. The van der Waals surface area contributed by atoms with E-state index in [0.717, 1.165) is 32.1 Å². The average Bonchev–Trinajstić information content (AvgIpc) is 3.08. The summed E-state index contributed by atoms with van der Waals surface area (Å²) in [5.41, 5.74) is 0.0347. The van der Waals surface area contributed by atoms with E-state index in [0.29, 0.717) is 38.5 Å². The molecule has 282 valence electrons. The number of carbonyl (C=O) groups is 6. The Kier molecular flexibility index (Phi) is 25.8. The first kappa shape index (κ1) is 44.3. The Morgan fingerprint density at radius 1 is 0.660 bits per heavy atom. The Morgan fingerprint density at radius 3 is 1.90 bits per heavy atom. The number of carboxylic acid groups (broad SMARTS) is 2. The zero-order valence-electron chi connectivity index (χ0n) is 28.5. The van der Waals surface area contributed by atoms with E-state index >= 15 is 0 Å². The van der Waals surface area contributed by atoms with Crippen molar-refractivity contribution >= 4 is 44.4 Å². The molecule has 16 nitrogen and oxygen atoms in total. The lowest BCUT2D eigenvalue weighted by molar-refractivity contribution is -0.142. The minimum Gasteiger partial charge on any atom is -0.494 e. The van der Waals surface area contributed by atoms with Crippen LogP contribution in [0.5, 0.6) is 5.75 Å². The molecule has 0 heterocycles. The van der Waals surface area contributed by atoms with Gasteiger partial charge in [0.15, 0.2) is 5.52 Å². The number of hydrogen-bond acceptors (Lipinski definition) is 11. The molecule has 1 aromatic carbocycles. The molecular weight excluding hydrogens is 677 g/mol. The third-order valence-corrected chi connectivity index (χ3v) is 6.97. The molecule has 0 aliphatic carbocycles. The van der Waals surface area contributed by atoms with E-state index in [4.69, 9.17) is 28.8 Å². The molecule has 3 amide bonds. The summed E-state index contributed by atoms with van der Waals surface area (Å²) in [6, 6.07) is 5.18. The number of nitrogens with one attached hydrogen (secondary N) is 3. The van der Waals surface area contributed by atoms with Crippen molar-refractivity contribution in [2.24, 2.45) is 0 Å². The van der Waals surface area contributed by atoms with E-state index in [1.807, 2.05) is 9.24 Å². The van der Waals surface area contributed by atoms with Crippen LogP contribution in [0.4, 0.5) is 0 Å². The van der Waals surface area contributed by atoms with Crippen molar-refractivity contribution in [2.45, 2.75) is 63.8 Å². The average molecular weight is 730 g/mol. The lowest BCUT2D eigenvalue weighted by Gasteiger charge is -2.14. The molecule has 1 rings (SSSR count). The fourth-order valence-corrected chi connectivity index (χ4v) is 4.36. The van der Waals surface area contributed by atoms with Crippen molar-refractivity contribution in [3.63, 3.8) is 0 Å². The standard InChI is InChI=1S/C33H52N3O13P/c37-28(34-13-16-45-18-20-47-23-30(39)35-14-17-46-19-21-48-24-31(40)50)12-11-27(33(43)44)36-29(38)10-5-3-1-2-4-6-15-49-26-9-7-8-25(22-26)32(41)42/h7-9,22,27H,1-6,10-21,23-24,50H2,(H,34,37)(H,35,39)(H,36,38)(H,41,42)(H,43,44)/t27-/m0/s1. The van der Waals surface area contributed by atoms with Gasteiger partial charge in [-0.15, -0.1) is 0 Å². The zero-order valence-corrected chi connectivity index (χ0v) is 29.6. The van der Waals surface area contributed by atoms with Crippen LogP contribution in [-0.2, 0) is 42.9 Å². The maximum Gasteiger partial charge on any atom is 0.335 e. The van der Waals surface area contributed by atoms with Crippen LogP contribution >= 0.6 is 9.24 Å². The predicted octanol–water partition coefficient (Wildman–Crippen LogP) is 1.54. The highest BCUT2D eigenvalue weighted by molar-refractivity contribution is 7.40. The quantitative estimate of drug-likeness (QED) is 0.0525. The topological polar surface area (TPSA) is 225 Å². The summed E-state index contributed by atoms with van der Waals surface area (Å²) in [5.74, 6) is -2.74. The predicted molar refractivity (Wildman–Crippen MR) is 184 cm³/mol. The maximum absolute atomic E-state index is 12.3. The van der Waals surface area contributed by atoms with Gasteiger partial charge in [0.2, 0.25) is 17.7 Å². The summed E-state index contributed by atoms with van der Waals surface area (Å²) in [6.45, 7) is 2.33. The van der Waals surface area contributed by atoms with Crippen molar-refractivity contribution in [3.05, 3.63) is 29.8 Å². The summed E-state index contributed by atoms with van der Waals surface area (Å²) < 4.78 is 26.5. The molecule has 17 heteroatoms. The number of unbranched alkanes of at least 4 members (excludes halogenated alkanes) is 5. The fraction of sp³-hybridized carbons (Fsp3) is 0.636. The molecule has 5 N–H and O–H groups in total. The molecule has 0 aliphatic rings. The van der Waals surface area contributed by atoms with Crippen LogP contribution in [0.2, 0.25) is 0 Å². The molecule has 0 fully saturated rings. The van der Waals surface area contributed by atoms with Gasteiger partial charge in [-0.05, 0) is 37.5 Å². The number of rotatable bonds is 32. The second-order valence-electron chi connectivity index (χ2n) is 11.0. The van der Waals surface area contributed by atoms with Crippen molar-refractivity contribution in [2.75, 3.05) is 72.6 Å². The van der Waals surface area contributed by atoms with Gasteiger partial charge in [-0.2, -0.15) is 0 Å². The second kappa shape index (κ2) is 29.1. The first-order valence-corrected chi connectivity index (χ1v) is 17.3. The van der Waals surface area contributed by atoms with Gasteiger partial charge in [0, 0.05) is 25.9 Å². The summed E-state index contributed by atoms with van der Waals surface area (Å²) in [4.78, 5) is 69.4. The third-order valence-electron chi connectivity index (χ3n) is 6.80. The van der Waals surface area contributed by atoms with Crippen LogP contribution in [0.25, 0.3) is 0 Å². The number of aromatic carboxylic acids is 1. The Balaban J connectivity index is 1.99. The van der Waals surface area contributed by atoms with Gasteiger partial charge in [-0.1, -0.05) is 41.0 Å². The van der Waals surface area contributed by atoms with Gasteiger partial charge in [-0.25, -0.2) is 9.59 Å². The molecule has 0 bridgehead atoms. The van der Waals surface area contributed by atoms with E-state index in [-0.39, 0.29) is 94.3 Å². The Labute approximate surface area is 294 Å². The first-order chi connectivity index (χ1) is 24.1. The largest absolute Gasteiger partial charge is 0.494 e. The van der Waals surface area contributed by atoms with Crippen LogP contribution < -0.4 is 20.7 Å². The Morgan fingerprint density at radius 2 is 1.26 bits per heavy atom. The van der Waals surface area contributed by atoms with Gasteiger partial charge >= 0.3 is 11.9 Å². The number of carbonyl (C=O) groups excluding carboxylic acids is 4. The molecular formula is C33H52N3O13P. The lowest BCUT2D eigenvalue weighted by atomic mass is 10.1. The molecule has 0 saturated carbocycles. The number of carboxylic acids is 2. The Bertz CT molecular complexity index is 1170. The van der Waals surface area contributed by atoms with Crippen molar-refractivity contribution in [3.8, 4) is 5.75 Å². The number of ether oxygens (including phenoxy) is 5. The SMILES string of the molecule is O=C(P)COCCOCCNC(=O)COCCOCCNC(=O)CC[C@H](NC(=O)CCCCCCCCOc1cccc(C(=O)O)c1)C(=O)O. The van der Waals surface area contributed by atoms with E-state index in [1.165, 1.54) is 12.1 Å². The first-order valence-electron chi connectivity index (χ1n) is 16.7. The molecule has 0 spiro atoms. The van der Waals surface area contributed by atoms with Crippen LogP contribution in [-0.4, -0.2) is 124 Å². The van der Waals surface area contributed by atoms with Crippen molar-refractivity contribution in [1.29, 1.82) is 0 Å². The second-order valence-corrected chi connectivity index (χ2v) is 11.7. The van der Waals surface area contributed by atoms with Crippen LogP contribution in [0.15, 0.2) is 24.3 Å². The Hall–Kier alpha value is -3.69. The zero-order chi connectivity index (χ0) is 36.8. The third kappa shape index (κ3) is 25.3. The number of amides is 3. The minimum absolute atomic E-state index is 0.0139.